The summed E-state index contributed by atoms with van der Waals surface area (Å²) in [4.78, 5) is 16.1. The lowest BCUT2D eigenvalue weighted by Crippen LogP contribution is -2.53. The third kappa shape index (κ3) is 2.64. The van der Waals surface area contributed by atoms with E-state index >= 15 is 0 Å². The van der Waals surface area contributed by atoms with Gasteiger partial charge in [0.2, 0.25) is 5.91 Å². The summed E-state index contributed by atoms with van der Waals surface area (Å²) in [6.45, 7) is 3.90. The zero-order valence-electron chi connectivity index (χ0n) is 9.12. The van der Waals surface area contributed by atoms with Crippen molar-refractivity contribution >= 4 is 17.5 Å². The molecule has 1 amide bonds. The summed E-state index contributed by atoms with van der Waals surface area (Å²) in [6.07, 6.45) is 4.59. The van der Waals surface area contributed by atoms with E-state index < -0.39 is 0 Å². The third-order valence-electron chi connectivity index (χ3n) is 3.57. The molecule has 0 aromatic rings. The molecule has 0 atom stereocenters. The highest BCUT2D eigenvalue weighted by Crippen LogP contribution is 2.25. The van der Waals surface area contributed by atoms with E-state index in [0.717, 1.165) is 32.2 Å². The number of halogens is 1. The van der Waals surface area contributed by atoms with Crippen LogP contribution in [0.3, 0.4) is 0 Å². The average Bonchev–Trinajstić information content (AvgIpc) is 2.16. The van der Waals surface area contributed by atoms with Crippen LogP contribution in [0.1, 0.15) is 25.7 Å². The van der Waals surface area contributed by atoms with Crippen LogP contribution in [-0.2, 0) is 4.79 Å². The molecule has 2 rings (SSSR count). The van der Waals surface area contributed by atoms with Gasteiger partial charge in [0.25, 0.3) is 0 Å². The Balaban J connectivity index is 1.73. The van der Waals surface area contributed by atoms with Gasteiger partial charge in [0.05, 0.1) is 0 Å². The Bertz CT molecular complexity index is 223. The fourth-order valence-corrected chi connectivity index (χ4v) is 2.49. The van der Waals surface area contributed by atoms with Crippen molar-refractivity contribution in [2.45, 2.75) is 31.7 Å². The maximum absolute atomic E-state index is 11.6. The number of nitrogens with zero attached hydrogens (tertiary/aromatic N) is 2. The van der Waals surface area contributed by atoms with Gasteiger partial charge in [0.15, 0.2) is 0 Å². The Hall–Kier alpha value is -0.280. The van der Waals surface area contributed by atoms with Crippen LogP contribution in [0.5, 0.6) is 0 Å². The minimum Gasteiger partial charge on any atom is -0.340 e. The van der Waals surface area contributed by atoms with Gasteiger partial charge in [0.1, 0.15) is 0 Å². The number of amides is 1. The lowest BCUT2D eigenvalue weighted by molar-refractivity contribution is -0.133. The molecule has 1 saturated heterocycles. The highest BCUT2D eigenvalue weighted by Gasteiger charge is 2.28. The van der Waals surface area contributed by atoms with Gasteiger partial charge >= 0.3 is 0 Å². The van der Waals surface area contributed by atoms with Gasteiger partial charge < -0.3 is 4.90 Å². The van der Waals surface area contributed by atoms with Gasteiger partial charge in [-0.3, -0.25) is 9.69 Å². The summed E-state index contributed by atoms with van der Waals surface area (Å²) >= 11 is 5.57. The molecular weight excluding hydrogens is 212 g/mol. The molecule has 0 radical (unpaired) electrons. The molecule has 1 aliphatic heterocycles. The molecule has 86 valence electrons. The molecule has 0 unspecified atom stereocenters. The van der Waals surface area contributed by atoms with Crippen LogP contribution in [0.15, 0.2) is 0 Å². The van der Waals surface area contributed by atoms with Gasteiger partial charge in [-0.25, -0.2) is 0 Å². The largest absolute Gasteiger partial charge is 0.340 e. The minimum atomic E-state index is 0.221. The van der Waals surface area contributed by atoms with Gasteiger partial charge in [-0.1, -0.05) is 6.42 Å². The number of piperazine rings is 1. The third-order valence-corrected chi connectivity index (χ3v) is 3.76. The lowest BCUT2D eigenvalue weighted by Gasteiger charge is -2.42. The van der Waals surface area contributed by atoms with E-state index in [1.807, 2.05) is 4.90 Å². The van der Waals surface area contributed by atoms with Gasteiger partial charge in [-0.2, -0.15) is 0 Å². The molecule has 0 spiro atoms. The van der Waals surface area contributed by atoms with Crippen LogP contribution < -0.4 is 0 Å². The van der Waals surface area contributed by atoms with Crippen molar-refractivity contribution < 1.29 is 4.79 Å². The van der Waals surface area contributed by atoms with Crippen LogP contribution in [0.25, 0.3) is 0 Å². The summed E-state index contributed by atoms with van der Waals surface area (Å²) < 4.78 is 0. The molecule has 1 saturated carbocycles. The smallest absolute Gasteiger partial charge is 0.223 e. The topological polar surface area (TPSA) is 23.6 Å². The van der Waals surface area contributed by atoms with E-state index in [9.17, 15) is 4.79 Å². The number of carbonyl (C=O) groups is 1. The standard InChI is InChI=1S/C11H19ClN2O/c12-5-4-11(15)14-8-6-13(7-9-14)10-2-1-3-10/h10H,1-9H2. The zero-order chi connectivity index (χ0) is 10.7. The number of alkyl halides is 1. The first kappa shape index (κ1) is 11.2. The van der Waals surface area contributed by atoms with Gasteiger partial charge in [0, 0.05) is 44.5 Å². The normalized spacial score (nSPS) is 23.9. The number of hydrogen-bond donors (Lipinski definition) is 0. The van der Waals surface area contributed by atoms with Gasteiger partial charge in [-0.05, 0) is 12.8 Å². The van der Waals surface area contributed by atoms with Gasteiger partial charge in [-0.15, -0.1) is 11.6 Å². The van der Waals surface area contributed by atoms with Crippen molar-refractivity contribution in [2.75, 3.05) is 32.1 Å². The quantitative estimate of drug-likeness (QED) is 0.683. The van der Waals surface area contributed by atoms with E-state index in [1.165, 1.54) is 19.3 Å². The summed E-state index contributed by atoms with van der Waals surface area (Å²) in [5.74, 6) is 0.667. The SMILES string of the molecule is O=C(CCCl)N1CCN(C2CCC2)CC1. The van der Waals surface area contributed by atoms with E-state index in [-0.39, 0.29) is 5.91 Å². The first-order chi connectivity index (χ1) is 7.31. The van der Waals surface area contributed by atoms with Crippen molar-refractivity contribution in [3.05, 3.63) is 0 Å². The fraction of sp³-hybridized carbons (Fsp3) is 0.909. The predicted octanol–water partition coefficient (Wildman–Crippen LogP) is 1.31. The maximum Gasteiger partial charge on any atom is 0.223 e. The molecule has 0 aromatic heterocycles. The first-order valence-corrected chi connectivity index (χ1v) is 6.42. The van der Waals surface area contributed by atoms with E-state index in [2.05, 4.69) is 4.90 Å². The zero-order valence-corrected chi connectivity index (χ0v) is 9.88. The molecule has 1 aliphatic carbocycles. The summed E-state index contributed by atoms with van der Waals surface area (Å²) in [6, 6.07) is 0.815. The Morgan fingerprint density at radius 2 is 1.87 bits per heavy atom. The van der Waals surface area contributed by atoms with Crippen molar-refractivity contribution in [1.29, 1.82) is 0 Å². The number of rotatable bonds is 3. The molecule has 2 fully saturated rings. The van der Waals surface area contributed by atoms with Crippen molar-refractivity contribution in [3.8, 4) is 0 Å². The number of carbonyl (C=O) groups excluding carboxylic acids is 1. The summed E-state index contributed by atoms with van der Waals surface area (Å²) in [5, 5.41) is 0. The van der Waals surface area contributed by atoms with Crippen molar-refractivity contribution in [1.82, 2.24) is 9.80 Å². The predicted molar refractivity (Wildman–Crippen MR) is 61.1 cm³/mol. The Morgan fingerprint density at radius 1 is 1.20 bits per heavy atom. The first-order valence-electron chi connectivity index (χ1n) is 5.89. The van der Waals surface area contributed by atoms with Crippen LogP contribution in [0.2, 0.25) is 0 Å². The minimum absolute atomic E-state index is 0.221. The van der Waals surface area contributed by atoms with Crippen LogP contribution in [0.4, 0.5) is 0 Å². The Kier molecular flexibility index (Phi) is 3.87. The maximum atomic E-state index is 11.6. The molecule has 3 nitrogen and oxygen atoms in total. The molecular formula is C11H19ClN2O. The molecule has 0 aromatic carbocycles. The second-order valence-corrected chi connectivity index (χ2v) is 4.82. The van der Waals surface area contributed by atoms with Crippen molar-refractivity contribution in [3.63, 3.8) is 0 Å². The second-order valence-electron chi connectivity index (χ2n) is 4.44. The highest BCUT2D eigenvalue weighted by atomic mass is 35.5. The van der Waals surface area contributed by atoms with Crippen LogP contribution in [0, 0.1) is 0 Å². The van der Waals surface area contributed by atoms with Crippen LogP contribution >= 0.6 is 11.6 Å². The molecule has 0 N–H and O–H groups in total. The Morgan fingerprint density at radius 3 is 2.33 bits per heavy atom. The fourth-order valence-electron chi connectivity index (χ4n) is 2.33. The van der Waals surface area contributed by atoms with Crippen LogP contribution in [-0.4, -0.2) is 53.8 Å². The average molecular weight is 231 g/mol. The molecule has 2 aliphatic rings. The monoisotopic (exact) mass is 230 g/mol. The molecule has 0 bridgehead atoms. The molecule has 15 heavy (non-hydrogen) atoms. The van der Waals surface area contributed by atoms with E-state index in [0.29, 0.717) is 12.3 Å². The van der Waals surface area contributed by atoms with E-state index in [1.54, 1.807) is 0 Å². The summed E-state index contributed by atoms with van der Waals surface area (Å²) in [5.41, 5.74) is 0. The van der Waals surface area contributed by atoms with E-state index in [4.69, 9.17) is 11.6 Å². The lowest BCUT2D eigenvalue weighted by atomic mass is 9.91. The molecule has 1 heterocycles. The molecule has 4 heteroatoms. The highest BCUT2D eigenvalue weighted by molar-refractivity contribution is 6.18. The summed E-state index contributed by atoms with van der Waals surface area (Å²) in [7, 11) is 0. The second kappa shape index (κ2) is 5.17. The van der Waals surface area contributed by atoms with Crippen molar-refractivity contribution in [2.24, 2.45) is 0 Å². The Labute approximate surface area is 96.4 Å². The number of hydrogen-bond acceptors (Lipinski definition) is 2.